The van der Waals surface area contributed by atoms with E-state index in [9.17, 15) is 0 Å². The highest BCUT2D eigenvalue weighted by molar-refractivity contribution is 6.09. The molecule has 0 radical (unpaired) electrons. The molecular weight excluding hydrogens is 274 g/mol. The van der Waals surface area contributed by atoms with Crippen molar-refractivity contribution in [2.45, 2.75) is 12.6 Å². The van der Waals surface area contributed by atoms with Crippen molar-refractivity contribution in [1.29, 1.82) is 0 Å². The number of benzene rings is 2. The van der Waals surface area contributed by atoms with Gasteiger partial charge in [-0.2, -0.15) is 0 Å². The van der Waals surface area contributed by atoms with Gasteiger partial charge in [0.1, 0.15) is 17.7 Å². The highest BCUT2D eigenvalue weighted by atomic mass is 16.5. The minimum Gasteiger partial charge on any atom is -0.457 e. The quantitative estimate of drug-likeness (QED) is 0.942. The van der Waals surface area contributed by atoms with E-state index in [1.807, 2.05) is 48.5 Å². The maximum Gasteiger partial charge on any atom is 0.136 e. The van der Waals surface area contributed by atoms with Crippen LogP contribution in [-0.2, 0) is 0 Å². The lowest BCUT2D eigenvalue weighted by Crippen LogP contribution is -2.33. The first-order chi connectivity index (χ1) is 10.9. The molecule has 1 N–H and O–H groups in total. The summed E-state index contributed by atoms with van der Waals surface area (Å²) in [6, 6.07) is 17.9. The lowest BCUT2D eigenvalue weighted by atomic mass is 10.1. The highest BCUT2D eigenvalue weighted by Crippen LogP contribution is 2.23. The van der Waals surface area contributed by atoms with Crippen LogP contribution in [0.3, 0.4) is 0 Å². The molecular formula is C18H17N3O. The predicted octanol–water partition coefficient (Wildman–Crippen LogP) is 3.33. The lowest BCUT2D eigenvalue weighted by molar-refractivity contribution is 0.278. The second-order valence-corrected chi connectivity index (χ2v) is 5.35. The fourth-order valence-electron chi connectivity index (χ4n) is 2.69. The summed E-state index contributed by atoms with van der Waals surface area (Å²) in [5.74, 6) is 1.68. The minimum atomic E-state index is 0.222. The Morgan fingerprint density at radius 2 is 1.77 bits per heavy atom. The van der Waals surface area contributed by atoms with E-state index < -0.39 is 0 Å². The van der Waals surface area contributed by atoms with Crippen LogP contribution in [0, 0.1) is 0 Å². The van der Waals surface area contributed by atoms with Crippen LogP contribution in [0.4, 0.5) is 0 Å². The molecule has 1 fully saturated rings. The van der Waals surface area contributed by atoms with Crippen LogP contribution in [0.15, 0.2) is 71.9 Å². The molecule has 22 heavy (non-hydrogen) atoms. The predicted molar refractivity (Wildman–Crippen MR) is 86.9 cm³/mol. The Kier molecular flexibility index (Phi) is 3.37. The average molecular weight is 291 g/mol. The number of nitrogens with zero attached hydrogens (tertiary/aromatic N) is 2. The van der Waals surface area contributed by atoms with Crippen molar-refractivity contribution in [1.82, 2.24) is 10.4 Å². The van der Waals surface area contributed by atoms with Crippen LogP contribution in [0.5, 0.6) is 11.5 Å². The molecule has 1 saturated heterocycles. The van der Waals surface area contributed by atoms with Crippen molar-refractivity contribution < 1.29 is 4.74 Å². The van der Waals surface area contributed by atoms with E-state index in [0.29, 0.717) is 0 Å². The number of ether oxygens (including phenoxy) is 1. The third-order valence-electron chi connectivity index (χ3n) is 3.83. The second kappa shape index (κ2) is 5.66. The van der Waals surface area contributed by atoms with Crippen LogP contribution in [0.25, 0.3) is 0 Å². The number of fused-ring (bicyclic) bond motifs is 1. The molecule has 0 aromatic heterocycles. The summed E-state index contributed by atoms with van der Waals surface area (Å²) in [6.07, 6.45) is 5.37. The van der Waals surface area contributed by atoms with Crippen LogP contribution in [-0.4, -0.2) is 23.4 Å². The largest absolute Gasteiger partial charge is 0.457 e. The molecule has 0 amide bonds. The molecule has 0 bridgehead atoms. The summed E-state index contributed by atoms with van der Waals surface area (Å²) >= 11 is 0. The van der Waals surface area contributed by atoms with Crippen LogP contribution >= 0.6 is 0 Å². The van der Waals surface area contributed by atoms with Crippen molar-refractivity contribution in [3.8, 4) is 11.5 Å². The maximum atomic E-state index is 5.81. The van der Waals surface area contributed by atoms with E-state index >= 15 is 0 Å². The summed E-state index contributed by atoms with van der Waals surface area (Å²) in [7, 11) is 0. The SMILES string of the molecule is C1=CN2NCCC2N=C1c1ccc(Oc2ccccc2)cc1. The first-order valence-electron chi connectivity index (χ1n) is 7.50. The van der Waals surface area contributed by atoms with Gasteiger partial charge < -0.3 is 4.74 Å². The fourth-order valence-corrected chi connectivity index (χ4v) is 2.69. The number of hydrazine groups is 1. The van der Waals surface area contributed by atoms with E-state index in [0.717, 1.165) is 35.7 Å². The fraction of sp³-hybridized carbons (Fsp3) is 0.167. The van der Waals surface area contributed by atoms with E-state index in [1.165, 1.54) is 0 Å². The van der Waals surface area contributed by atoms with E-state index in [1.54, 1.807) is 0 Å². The first kappa shape index (κ1) is 13.1. The van der Waals surface area contributed by atoms with E-state index in [-0.39, 0.29) is 6.17 Å². The van der Waals surface area contributed by atoms with E-state index in [4.69, 9.17) is 9.73 Å². The summed E-state index contributed by atoms with van der Waals surface area (Å²) in [5, 5.41) is 2.07. The van der Waals surface area contributed by atoms with Crippen molar-refractivity contribution in [3.05, 3.63) is 72.4 Å². The zero-order valence-corrected chi connectivity index (χ0v) is 12.1. The molecule has 2 aliphatic heterocycles. The molecule has 4 heteroatoms. The Morgan fingerprint density at radius 1 is 1.00 bits per heavy atom. The smallest absolute Gasteiger partial charge is 0.136 e. The summed E-state index contributed by atoms with van der Waals surface area (Å²) in [5.41, 5.74) is 5.42. The lowest BCUT2D eigenvalue weighted by Gasteiger charge is -2.23. The van der Waals surface area contributed by atoms with Gasteiger partial charge in [0.2, 0.25) is 0 Å². The van der Waals surface area contributed by atoms with Gasteiger partial charge in [0.25, 0.3) is 0 Å². The molecule has 110 valence electrons. The Hall–Kier alpha value is -2.59. The van der Waals surface area contributed by atoms with Gasteiger partial charge in [-0.1, -0.05) is 18.2 Å². The molecule has 2 aromatic carbocycles. The van der Waals surface area contributed by atoms with Crippen molar-refractivity contribution in [2.24, 2.45) is 4.99 Å². The van der Waals surface area contributed by atoms with Crippen molar-refractivity contribution in [3.63, 3.8) is 0 Å². The van der Waals surface area contributed by atoms with Gasteiger partial charge in [-0.15, -0.1) is 0 Å². The topological polar surface area (TPSA) is 36.9 Å². The van der Waals surface area contributed by atoms with Crippen LogP contribution < -0.4 is 10.2 Å². The summed E-state index contributed by atoms with van der Waals surface area (Å²) in [4.78, 5) is 4.78. The number of hydrogen-bond donors (Lipinski definition) is 1. The number of para-hydroxylation sites is 1. The Bertz CT molecular complexity index is 707. The Morgan fingerprint density at radius 3 is 2.59 bits per heavy atom. The van der Waals surface area contributed by atoms with Gasteiger partial charge in [0.15, 0.2) is 0 Å². The summed E-state index contributed by atoms with van der Waals surface area (Å²) in [6.45, 7) is 0.982. The summed E-state index contributed by atoms with van der Waals surface area (Å²) < 4.78 is 5.81. The number of rotatable bonds is 3. The Balaban J connectivity index is 1.51. The van der Waals surface area contributed by atoms with Gasteiger partial charge in [0, 0.05) is 24.7 Å². The standard InChI is InChI=1S/C18H17N3O/c1-2-4-15(5-3-1)22-16-8-6-14(7-9-16)17-11-13-21-18(20-17)10-12-19-21/h1-9,11,13,18-19H,10,12H2. The third kappa shape index (κ3) is 2.61. The number of allylic oxidation sites excluding steroid dienone is 1. The van der Waals surface area contributed by atoms with Crippen LogP contribution in [0.1, 0.15) is 12.0 Å². The number of aliphatic imine (C=N–C) groups is 1. The molecule has 0 saturated carbocycles. The molecule has 1 atom stereocenters. The molecule has 1 unspecified atom stereocenters. The molecule has 0 spiro atoms. The molecule has 2 heterocycles. The molecule has 2 aromatic rings. The number of nitrogens with one attached hydrogen (secondary N) is 1. The van der Waals surface area contributed by atoms with Crippen molar-refractivity contribution >= 4 is 5.71 Å². The molecule has 4 nitrogen and oxygen atoms in total. The van der Waals surface area contributed by atoms with Gasteiger partial charge in [-0.3, -0.25) is 10.0 Å². The van der Waals surface area contributed by atoms with E-state index in [2.05, 4.69) is 28.8 Å². The van der Waals surface area contributed by atoms with Gasteiger partial charge >= 0.3 is 0 Å². The monoisotopic (exact) mass is 291 g/mol. The van der Waals surface area contributed by atoms with Crippen molar-refractivity contribution in [2.75, 3.05) is 6.54 Å². The van der Waals surface area contributed by atoms with Crippen LogP contribution in [0.2, 0.25) is 0 Å². The van der Waals surface area contributed by atoms with Gasteiger partial charge in [-0.05, 0) is 42.5 Å². The average Bonchev–Trinajstić information content (AvgIpc) is 3.04. The molecule has 4 rings (SSSR count). The zero-order chi connectivity index (χ0) is 14.8. The maximum absolute atomic E-state index is 5.81. The minimum absolute atomic E-state index is 0.222. The normalized spacial score (nSPS) is 19.7. The first-order valence-corrected chi connectivity index (χ1v) is 7.50. The second-order valence-electron chi connectivity index (χ2n) is 5.35. The van der Waals surface area contributed by atoms with Gasteiger partial charge in [0.05, 0.1) is 5.71 Å². The number of hydrogen-bond acceptors (Lipinski definition) is 4. The highest BCUT2D eigenvalue weighted by Gasteiger charge is 2.23. The third-order valence-corrected chi connectivity index (χ3v) is 3.83. The zero-order valence-electron chi connectivity index (χ0n) is 12.1. The molecule has 2 aliphatic rings. The Labute approximate surface area is 129 Å². The van der Waals surface area contributed by atoms with Gasteiger partial charge in [-0.25, -0.2) is 5.43 Å². The molecule has 0 aliphatic carbocycles.